The number of halogens is 2. The number of nitrogens with zero attached hydrogens (tertiary/aromatic N) is 2. The van der Waals surface area contributed by atoms with E-state index in [0.29, 0.717) is 11.6 Å². The lowest BCUT2D eigenvalue weighted by atomic mass is 10.2. The van der Waals surface area contributed by atoms with Crippen LogP contribution in [0.4, 0.5) is 20.3 Å². The number of aryl methyl sites for hydroxylation is 1. The predicted molar refractivity (Wildman–Crippen MR) is 69.9 cm³/mol. The molecular weight excluding hydrogens is 286 g/mol. The second-order valence-electron chi connectivity index (χ2n) is 4.03. The average Bonchev–Trinajstić information content (AvgIpc) is 2.41. The molecule has 0 amide bonds. The number of benzene rings is 1. The van der Waals surface area contributed by atoms with Gasteiger partial charge in [-0.2, -0.15) is 4.98 Å². The van der Waals surface area contributed by atoms with Crippen LogP contribution in [0.15, 0.2) is 24.3 Å². The molecule has 0 aliphatic rings. The lowest BCUT2D eigenvalue weighted by Gasteiger charge is -2.09. The van der Waals surface area contributed by atoms with E-state index in [2.05, 4.69) is 4.98 Å². The minimum absolute atomic E-state index is 0.207. The molecule has 0 saturated carbocycles. The minimum atomic E-state index is -1.11. The number of hydrogen-bond acceptors (Lipinski definition) is 6. The van der Waals surface area contributed by atoms with E-state index in [4.69, 9.17) is 10.6 Å². The maximum Gasteiger partial charge on any atom is 0.314 e. The van der Waals surface area contributed by atoms with Gasteiger partial charge in [-0.3, -0.25) is 10.1 Å². The lowest BCUT2D eigenvalue weighted by molar-refractivity contribution is -0.386. The molecule has 0 spiro atoms. The zero-order valence-electron chi connectivity index (χ0n) is 10.8. The van der Waals surface area contributed by atoms with Gasteiger partial charge in [0, 0.05) is 11.6 Å². The number of ether oxygens (including phenoxy) is 1. The highest BCUT2D eigenvalue weighted by atomic mass is 19.1. The monoisotopic (exact) mass is 296 g/mol. The zero-order chi connectivity index (χ0) is 15.6. The number of para-hydroxylation sites is 1. The van der Waals surface area contributed by atoms with Crippen LogP contribution in [0.5, 0.6) is 11.6 Å². The summed E-state index contributed by atoms with van der Waals surface area (Å²) >= 11 is 0. The number of hydrazine groups is 1. The number of nitrogens with one attached hydrogen (secondary N) is 1. The summed E-state index contributed by atoms with van der Waals surface area (Å²) in [7, 11) is 0. The number of rotatable bonds is 4. The number of aromatic nitrogens is 1. The fraction of sp³-hybridized carbons (Fsp3) is 0.0833. The van der Waals surface area contributed by atoms with E-state index in [0.717, 1.165) is 0 Å². The molecule has 2 rings (SSSR count). The molecule has 2 aromatic rings. The number of anilines is 1. The van der Waals surface area contributed by atoms with Crippen molar-refractivity contribution in [2.24, 2.45) is 5.84 Å². The van der Waals surface area contributed by atoms with Gasteiger partial charge in [-0.25, -0.2) is 14.6 Å². The third kappa shape index (κ3) is 2.87. The Kier molecular flexibility index (Phi) is 3.94. The van der Waals surface area contributed by atoms with Crippen LogP contribution in [0.1, 0.15) is 5.56 Å². The zero-order valence-corrected chi connectivity index (χ0v) is 10.8. The summed E-state index contributed by atoms with van der Waals surface area (Å²) < 4.78 is 31.9. The van der Waals surface area contributed by atoms with Crippen molar-refractivity contribution >= 4 is 11.5 Å². The molecule has 0 unspecified atom stereocenters. The molecule has 0 bridgehead atoms. The number of nitrogens with two attached hydrogens (primary N) is 1. The van der Waals surface area contributed by atoms with Gasteiger partial charge < -0.3 is 10.2 Å². The van der Waals surface area contributed by atoms with Crippen LogP contribution >= 0.6 is 0 Å². The Bertz CT molecular complexity index is 709. The first kappa shape index (κ1) is 14.6. The smallest absolute Gasteiger partial charge is 0.314 e. The van der Waals surface area contributed by atoms with Crippen LogP contribution < -0.4 is 16.0 Å². The quantitative estimate of drug-likeness (QED) is 0.510. The molecular formula is C12H10F2N4O3. The van der Waals surface area contributed by atoms with Crippen molar-refractivity contribution in [1.29, 1.82) is 0 Å². The first-order chi connectivity index (χ1) is 9.93. The topological polar surface area (TPSA) is 103 Å². The molecule has 0 saturated heterocycles. The normalized spacial score (nSPS) is 10.3. The summed E-state index contributed by atoms with van der Waals surface area (Å²) in [5.41, 5.74) is 1.93. The van der Waals surface area contributed by atoms with E-state index < -0.39 is 28.3 Å². The van der Waals surface area contributed by atoms with Gasteiger partial charge in [0.15, 0.2) is 17.5 Å². The molecule has 0 aliphatic carbocycles. The maximum atomic E-state index is 13.6. The third-order valence-corrected chi connectivity index (χ3v) is 2.62. The highest BCUT2D eigenvalue weighted by Crippen LogP contribution is 2.34. The van der Waals surface area contributed by atoms with Crippen molar-refractivity contribution in [3.63, 3.8) is 0 Å². The van der Waals surface area contributed by atoms with E-state index >= 15 is 0 Å². The van der Waals surface area contributed by atoms with Crippen molar-refractivity contribution in [1.82, 2.24) is 4.98 Å². The third-order valence-electron chi connectivity index (χ3n) is 2.62. The van der Waals surface area contributed by atoms with Crippen LogP contribution in [0, 0.1) is 28.7 Å². The number of hydrogen-bond donors (Lipinski definition) is 2. The Morgan fingerprint density at radius 2 is 2.10 bits per heavy atom. The van der Waals surface area contributed by atoms with E-state index in [1.54, 1.807) is 0 Å². The number of nitro groups is 1. The van der Waals surface area contributed by atoms with Gasteiger partial charge in [-0.15, -0.1) is 0 Å². The van der Waals surface area contributed by atoms with Gasteiger partial charge in [-0.05, 0) is 13.0 Å². The van der Waals surface area contributed by atoms with Crippen LogP contribution in [0.3, 0.4) is 0 Å². The number of nitro benzene ring substituents is 1. The molecule has 110 valence electrons. The van der Waals surface area contributed by atoms with Crippen molar-refractivity contribution in [3.8, 4) is 11.6 Å². The number of nitrogen functional groups attached to an aromatic ring is 1. The standard InChI is InChI=1S/C12H10F2N4O3/c1-6-3-2-4-9(10(6)18(19)20)21-12-8(14)5-7(13)11(16-12)17-15/h2-5H,15H2,1H3,(H,16,17). The summed E-state index contributed by atoms with van der Waals surface area (Å²) in [4.78, 5) is 13.8. The molecule has 0 radical (unpaired) electrons. The van der Waals surface area contributed by atoms with E-state index in [-0.39, 0.29) is 11.4 Å². The molecule has 1 heterocycles. The van der Waals surface area contributed by atoms with E-state index in [1.807, 2.05) is 5.43 Å². The Hall–Kier alpha value is -2.81. The molecule has 0 atom stereocenters. The van der Waals surface area contributed by atoms with Gasteiger partial charge >= 0.3 is 5.69 Å². The average molecular weight is 296 g/mol. The van der Waals surface area contributed by atoms with Gasteiger partial charge in [0.1, 0.15) is 0 Å². The first-order valence-corrected chi connectivity index (χ1v) is 5.68. The number of pyridine rings is 1. The summed E-state index contributed by atoms with van der Waals surface area (Å²) in [5.74, 6) is 1.63. The second kappa shape index (κ2) is 5.67. The Morgan fingerprint density at radius 3 is 2.71 bits per heavy atom. The van der Waals surface area contributed by atoms with Crippen LogP contribution in [0.25, 0.3) is 0 Å². The van der Waals surface area contributed by atoms with Crippen molar-refractivity contribution in [3.05, 3.63) is 51.6 Å². The summed E-state index contributed by atoms with van der Waals surface area (Å²) in [6.07, 6.45) is 0. The second-order valence-corrected chi connectivity index (χ2v) is 4.03. The lowest BCUT2D eigenvalue weighted by Crippen LogP contribution is -2.11. The van der Waals surface area contributed by atoms with E-state index in [9.17, 15) is 18.9 Å². The molecule has 7 nitrogen and oxygen atoms in total. The summed E-state index contributed by atoms with van der Waals surface area (Å²) in [6.45, 7) is 1.51. The van der Waals surface area contributed by atoms with Crippen LogP contribution in [0.2, 0.25) is 0 Å². The molecule has 9 heteroatoms. The highest BCUT2D eigenvalue weighted by Gasteiger charge is 2.21. The Balaban J connectivity index is 2.48. The van der Waals surface area contributed by atoms with Gasteiger partial charge in [0.25, 0.3) is 5.88 Å². The summed E-state index contributed by atoms with van der Waals surface area (Å²) in [6, 6.07) is 4.80. The molecule has 3 N–H and O–H groups in total. The van der Waals surface area contributed by atoms with Gasteiger partial charge in [0.2, 0.25) is 5.75 Å². The fourth-order valence-electron chi connectivity index (χ4n) is 1.68. The molecule has 1 aromatic heterocycles. The maximum absolute atomic E-state index is 13.6. The Labute approximate surface area is 117 Å². The first-order valence-electron chi connectivity index (χ1n) is 5.68. The van der Waals surface area contributed by atoms with Crippen LogP contribution in [-0.2, 0) is 0 Å². The van der Waals surface area contributed by atoms with Crippen molar-refractivity contribution < 1.29 is 18.4 Å². The SMILES string of the molecule is Cc1cccc(Oc2nc(NN)c(F)cc2F)c1[N+](=O)[O-]. The largest absolute Gasteiger partial charge is 0.429 e. The molecule has 0 aliphatic heterocycles. The van der Waals surface area contributed by atoms with Crippen LogP contribution in [-0.4, -0.2) is 9.91 Å². The minimum Gasteiger partial charge on any atom is -0.429 e. The fourth-order valence-corrected chi connectivity index (χ4v) is 1.68. The predicted octanol–water partition coefficient (Wildman–Crippen LogP) is 2.65. The molecule has 21 heavy (non-hydrogen) atoms. The van der Waals surface area contributed by atoms with Gasteiger partial charge in [-0.1, -0.05) is 12.1 Å². The van der Waals surface area contributed by atoms with Crippen molar-refractivity contribution in [2.45, 2.75) is 6.92 Å². The molecule has 1 aromatic carbocycles. The summed E-state index contributed by atoms with van der Waals surface area (Å²) in [5, 5.41) is 11.0. The van der Waals surface area contributed by atoms with E-state index in [1.165, 1.54) is 25.1 Å². The van der Waals surface area contributed by atoms with Crippen molar-refractivity contribution in [2.75, 3.05) is 5.43 Å². The van der Waals surface area contributed by atoms with Gasteiger partial charge in [0.05, 0.1) is 4.92 Å². The molecule has 0 fully saturated rings. The highest BCUT2D eigenvalue weighted by molar-refractivity contribution is 5.53. The Morgan fingerprint density at radius 1 is 1.38 bits per heavy atom.